The van der Waals surface area contributed by atoms with Gasteiger partial charge in [-0.2, -0.15) is 0 Å². The average molecular weight is 556 g/mol. The number of hydrogen-bond acceptors (Lipinski definition) is 5. The summed E-state index contributed by atoms with van der Waals surface area (Å²) in [6.07, 6.45) is 4.59. The van der Waals surface area contributed by atoms with Crippen molar-refractivity contribution in [2.24, 2.45) is 5.92 Å². The summed E-state index contributed by atoms with van der Waals surface area (Å²) >= 11 is 5.60. The monoisotopic (exact) mass is 555 g/mol. The van der Waals surface area contributed by atoms with Crippen LogP contribution in [0.4, 0.5) is 15.8 Å². The van der Waals surface area contributed by atoms with Gasteiger partial charge in [-0.25, -0.2) is 4.39 Å². The highest BCUT2D eigenvalue weighted by Gasteiger charge is 2.34. The topological polar surface area (TPSA) is 130 Å². The van der Waals surface area contributed by atoms with Crippen LogP contribution in [0.15, 0.2) is 71.7 Å². The van der Waals surface area contributed by atoms with Crippen LogP contribution in [0.3, 0.4) is 0 Å². The molecule has 204 valence electrons. The molecule has 0 radical (unpaired) electrons. The van der Waals surface area contributed by atoms with Crippen molar-refractivity contribution in [3.63, 3.8) is 0 Å². The van der Waals surface area contributed by atoms with E-state index in [1.165, 1.54) is 22.8 Å². The molecule has 12 heteroatoms. The Morgan fingerprint density at radius 2 is 1.72 bits per heavy atom. The molecule has 0 bridgehead atoms. The van der Waals surface area contributed by atoms with Gasteiger partial charge >= 0.3 is 0 Å². The van der Waals surface area contributed by atoms with Gasteiger partial charge in [0.25, 0.3) is 5.56 Å². The minimum absolute atomic E-state index is 0.0322. The number of hydrogen-bond donors (Lipinski definition) is 3. The van der Waals surface area contributed by atoms with E-state index in [0.29, 0.717) is 36.6 Å². The first-order valence-corrected chi connectivity index (χ1v) is 12.4. The number of rotatable bonds is 6. The van der Waals surface area contributed by atoms with E-state index in [-0.39, 0.29) is 35.5 Å². The third kappa shape index (κ3) is 9.08. The molecule has 0 atom stereocenters. The molecule has 1 aliphatic heterocycles. The third-order valence-corrected chi connectivity index (χ3v) is 5.87. The van der Waals surface area contributed by atoms with Crippen LogP contribution in [-0.4, -0.2) is 53.7 Å². The minimum Gasteiger partial charge on any atom is -0.353 e. The first-order valence-electron chi connectivity index (χ1n) is 12.0. The van der Waals surface area contributed by atoms with Gasteiger partial charge in [-0.05, 0) is 55.3 Å². The molecule has 4 amide bonds. The van der Waals surface area contributed by atoms with E-state index < -0.39 is 5.82 Å². The van der Waals surface area contributed by atoms with Gasteiger partial charge in [-0.15, -0.1) is 0 Å². The second-order valence-corrected chi connectivity index (χ2v) is 8.92. The highest BCUT2D eigenvalue weighted by molar-refractivity contribution is 6.30. The molecule has 1 aromatic heterocycles. The molecule has 10 nitrogen and oxygen atoms in total. The number of halogens is 2. The Kier molecular flexibility index (Phi) is 10.8. The number of pyridine rings is 1. The average Bonchev–Trinajstić information content (AvgIpc) is 3.78. The summed E-state index contributed by atoms with van der Waals surface area (Å²) in [4.78, 5) is 55.7. The quantitative estimate of drug-likeness (QED) is 0.403. The van der Waals surface area contributed by atoms with E-state index in [1.807, 2.05) is 0 Å². The smallest absolute Gasteiger partial charge is 0.255 e. The van der Waals surface area contributed by atoms with Crippen molar-refractivity contribution in [3.05, 3.63) is 88.1 Å². The van der Waals surface area contributed by atoms with E-state index in [1.54, 1.807) is 53.6 Å². The lowest BCUT2D eigenvalue weighted by Gasteiger charge is -2.26. The van der Waals surface area contributed by atoms with Crippen molar-refractivity contribution in [3.8, 4) is 5.69 Å². The molecule has 2 aliphatic rings. The Morgan fingerprint density at radius 3 is 2.31 bits per heavy atom. The zero-order valence-corrected chi connectivity index (χ0v) is 21.6. The first kappa shape index (κ1) is 29.1. The van der Waals surface area contributed by atoms with E-state index in [4.69, 9.17) is 11.6 Å². The highest BCUT2D eigenvalue weighted by atomic mass is 35.5. The van der Waals surface area contributed by atoms with Crippen molar-refractivity contribution < 1.29 is 23.6 Å². The lowest BCUT2D eigenvalue weighted by atomic mass is 10.2. The van der Waals surface area contributed by atoms with Crippen LogP contribution in [0.5, 0.6) is 0 Å². The summed E-state index contributed by atoms with van der Waals surface area (Å²) in [5, 5.41) is 8.08. The number of amides is 4. The third-order valence-electron chi connectivity index (χ3n) is 5.61. The summed E-state index contributed by atoms with van der Waals surface area (Å²) in [6, 6.07) is 15.7. The van der Waals surface area contributed by atoms with E-state index in [0.717, 1.165) is 18.5 Å². The van der Waals surface area contributed by atoms with Crippen molar-refractivity contribution >= 4 is 47.6 Å². The van der Waals surface area contributed by atoms with Crippen molar-refractivity contribution in [2.75, 3.05) is 30.3 Å². The fourth-order valence-electron chi connectivity index (χ4n) is 3.50. The van der Waals surface area contributed by atoms with E-state index in [2.05, 4.69) is 16.0 Å². The molecule has 1 saturated heterocycles. The number of nitrogens with zero attached hydrogens (tertiary/aromatic N) is 2. The van der Waals surface area contributed by atoms with Crippen LogP contribution in [0.2, 0.25) is 5.02 Å². The number of carbonyl (C=O) groups is 4. The van der Waals surface area contributed by atoms with Gasteiger partial charge in [0, 0.05) is 48.0 Å². The molecule has 2 aromatic carbocycles. The van der Waals surface area contributed by atoms with E-state index >= 15 is 0 Å². The molecule has 5 rings (SSSR count). The lowest BCUT2D eigenvalue weighted by Crippen LogP contribution is -2.50. The summed E-state index contributed by atoms with van der Waals surface area (Å²) < 4.78 is 14.8. The summed E-state index contributed by atoms with van der Waals surface area (Å²) in [5.74, 6) is -0.221. The fraction of sp³-hybridized carbons (Fsp3) is 0.222. The molecule has 39 heavy (non-hydrogen) atoms. The van der Waals surface area contributed by atoms with Gasteiger partial charge < -0.3 is 20.9 Å². The van der Waals surface area contributed by atoms with Crippen LogP contribution in [0, 0.1) is 11.7 Å². The van der Waals surface area contributed by atoms with Crippen LogP contribution in [0.1, 0.15) is 12.8 Å². The van der Waals surface area contributed by atoms with E-state index in [9.17, 15) is 28.4 Å². The van der Waals surface area contributed by atoms with Crippen LogP contribution < -0.4 is 21.5 Å². The maximum absolute atomic E-state index is 13.5. The second kappa shape index (κ2) is 14.4. The Morgan fingerprint density at radius 1 is 1.00 bits per heavy atom. The molecule has 1 saturated carbocycles. The van der Waals surface area contributed by atoms with Crippen molar-refractivity contribution in [1.82, 2.24) is 14.8 Å². The molecule has 3 aromatic rings. The number of anilines is 2. The van der Waals surface area contributed by atoms with Gasteiger partial charge in [0.15, 0.2) is 0 Å². The normalized spacial score (nSPS) is 13.9. The largest absolute Gasteiger partial charge is 0.353 e. The molecule has 2 fully saturated rings. The maximum atomic E-state index is 13.5. The zero-order chi connectivity index (χ0) is 28.2. The SMILES string of the molecule is O=C1CN(C(=O)C2CC2)CCN1.O=CNc1ccc(-n2ccccc2=O)cc1F.O=CNc1ccc(Cl)cc1. The Labute approximate surface area is 228 Å². The number of aromatic nitrogens is 1. The van der Waals surface area contributed by atoms with Crippen LogP contribution in [-0.2, 0) is 19.2 Å². The van der Waals surface area contributed by atoms with Gasteiger partial charge in [-0.3, -0.25) is 28.5 Å². The van der Waals surface area contributed by atoms with Gasteiger partial charge in [-0.1, -0.05) is 17.7 Å². The molecular weight excluding hydrogens is 529 g/mol. The summed E-state index contributed by atoms with van der Waals surface area (Å²) in [5.41, 5.74) is 0.986. The molecule has 0 unspecified atom stereocenters. The zero-order valence-electron chi connectivity index (χ0n) is 20.8. The highest BCUT2D eigenvalue weighted by Crippen LogP contribution is 2.31. The van der Waals surface area contributed by atoms with Gasteiger partial charge in [0.2, 0.25) is 24.6 Å². The van der Waals surface area contributed by atoms with Crippen LogP contribution >= 0.6 is 11.6 Å². The summed E-state index contributed by atoms with van der Waals surface area (Å²) in [6.45, 7) is 1.55. The molecule has 0 spiro atoms. The van der Waals surface area contributed by atoms with Gasteiger partial charge in [0.05, 0.1) is 17.9 Å². The predicted octanol–water partition coefficient (Wildman–Crippen LogP) is 2.81. The first-order chi connectivity index (χ1) is 18.8. The van der Waals surface area contributed by atoms with Crippen LogP contribution in [0.25, 0.3) is 5.69 Å². The number of piperazine rings is 1. The molecular formula is C27H27ClFN5O5. The second-order valence-electron chi connectivity index (χ2n) is 8.49. The Bertz CT molecular complexity index is 1360. The molecule has 3 N–H and O–H groups in total. The Balaban J connectivity index is 0.000000169. The predicted molar refractivity (Wildman–Crippen MR) is 145 cm³/mol. The van der Waals surface area contributed by atoms with Gasteiger partial charge in [0.1, 0.15) is 5.82 Å². The number of carbonyl (C=O) groups excluding carboxylic acids is 4. The number of nitrogens with one attached hydrogen (secondary N) is 3. The molecule has 2 heterocycles. The maximum Gasteiger partial charge on any atom is 0.255 e. The summed E-state index contributed by atoms with van der Waals surface area (Å²) in [7, 11) is 0. The molecule has 1 aliphatic carbocycles. The van der Waals surface area contributed by atoms with Crippen molar-refractivity contribution in [1.29, 1.82) is 0 Å². The lowest BCUT2D eigenvalue weighted by molar-refractivity contribution is -0.139. The Hall–Kier alpha value is -4.51. The fourth-order valence-corrected chi connectivity index (χ4v) is 3.63. The standard InChI is InChI=1S/C12H9FN2O2.C8H12N2O2.C7H6ClNO/c13-10-7-9(4-5-11(10)14-8-16)15-6-2-1-3-12(15)17;11-7-5-10(4-3-9-7)8(12)6-1-2-6;8-6-1-3-7(4-2-6)9-5-10/h1-8H,(H,14,16);6H,1-5H2,(H,9,11);1-5H,(H,9,10). The van der Waals surface area contributed by atoms with Crippen molar-refractivity contribution in [2.45, 2.75) is 12.8 Å². The minimum atomic E-state index is -0.592. The number of benzene rings is 2.